The first-order chi connectivity index (χ1) is 21.7. The highest BCUT2D eigenvalue weighted by Crippen LogP contribution is 2.37. The van der Waals surface area contributed by atoms with E-state index in [0.717, 1.165) is 18.2 Å². The lowest BCUT2D eigenvalue weighted by Gasteiger charge is -2.30. The van der Waals surface area contributed by atoms with Gasteiger partial charge in [0.25, 0.3) is 12.3 Å². The van der Waals surface area contributed by atoms with E-state index < -0.39 is 66.3 Å². The highest BCUT2D eigenvalue weighted by molar-refractivity contribution is 6.31. The second-order valence-corrected chi connectivity index (χ2v) is 12.3. The topological polar surface area (TPSA) is 98.8 Å². The van der Waals surface area contributed by atoms with Crippen LogP contribution in [0.3, 0.4) is 0 Å². The van der Waals surface area contributed by atoms with Gasteiger partial charge < -0.3 is 24.8 Å². The molecule has 15 heteroatoms. The average molecular weight is 690 g/mol. The zero-order valence-electron chi connectivity index (χ0n) is 26.3. The number of amides is 2. The molecule has 0 fully saturated rings. The summed E-state index contributed by atoms with van der Waals surface area (Å²) in [5.41, 5.74) is -2.43. The van der Waals surface area contributed by atoms with E-state index in [-0.39, 0.29) is 38.9 Å². The summed E-state index contributed by atoms with van der Waals surface area (Å²) in [7, 11) is 1.20. The average Bonchev–Trinajstić information content (AvgIpc) is 2.95. The Morgan fingerprint density at radius 2 is 1.64 bits per heavy atom. The van der Waals surface area contributed by atoms with E-state index in [1.54, 1.807) is 34.6 Å². The van der Waals surface area contributed by atoms with Crippen molar-refractivity contribution in [2.24, 2.45) is 0 Å². The van der Waals surface area contributed by atoms with Crippen LogP contribution >= 0.6 is 11.6 Å². The number of benzene rings is 2. The molecule has 47 heavy (non-hydrogen) atoms. The summed E-state index contributed by atoms with van der Waals surface area (Å²) in [4.78, 5) is 29.8. The number of methoxy groups -OCH3 is 1. The molecule has 1 aromatic heterocycles. The number of nitrogens with zero attached hydrogens (tertiary/aromatic N) is 1. The zero-order valence-corrected chi connectivity index (χ0v) is 27.1. The molecule has 256 valence electrons. The molecule has 2 N–H and O–H groups in total. The fourth-order valence-corrected chi connectivity index (χ4v) is 4.47. The molecule has 3 aromatic rings. The van der Waals surface area contributed by atoms with E-state index in [4.69, 9.17) is 25.8 Å². The molecule has 0 aliphatic rings. The van der Waals surface area contributed by atoms with E-state index in [9.17, 15) is 35.9 Å². The minimum absolute atomic E-state index is 0.0110. The lowest BCUT2D eigenvalue weighted by Crippen LogP contribution is -2.44. The fraction of sp³-hybridized carbons (Fsp3) is 0.406. The number of carbonyl (C=O) groups excluding carboxylic acids is 2. The molecule has 1 heterocycles. The number of hydrogen-bond donors (Lipinski definition) is 2. The third-order valence-electron chi connectivity index (χ3n) is 6.61. The van der Waals surface area contributed by atoms with Gasteiger partial charge in [0.15, 0.2) is 11.5 Å². The van der Waals surface area contributed by atoms with Gasteiger partial charge in [-0.3, -0.25) is 9.78 Å². The first-order valence-corrected chi connectivity index (χ1v) is 14.5. The Balaban J connectivity index is 2.02. The van der Waals surface area contributed by atoms with Crippen molar-refractivity contribution < 1.29 is 50.1 Å². The van der Waals surface area contributed by atoms with Crippen LogP contribution in [0.1, 0.15) is 62.2 Å². The van der Waals surface area contributed by atoms with E-state index in [0.29, 0.717) is 0 Å². The molecule has 1 unspecified atom stereocenters. The van der Waals surface area contributed by atoms with E-state index in [1.807, 2.05) is 0 Å². The smallest absolute Gasteiger partial charge is 0.408 e. The molecule has 3 rings (SSSR count). The maximum atomic E-state index is 14.6. The van der Waals surface area contributed by atoms with Crippen LogP contribution in [0.5, 0.6) is 11.5 Å². The van der Waals surface area contributed by atoms with Crippen molar-refractivity contribution in [3.05, 3.63) is 76.2 Å². The molecule has 8 nitrogen and oxygen atoms in total. The van der Waals surface area contributed by atoms with Crippen LogP contribution in [0.2, 0.25) is 5.02 Å². The van der Waals surface area contributed by atoms with E-state index in [1.165, 1.54) is 37.4 Å². The van der Waals surface area contributed by atoms with E-state index >= 15 is 0 Å². The van der Waals surface area contributed by atoms with Gasteiger partial charge in [0.1, 0.15) is 23.9 Å². The van der Waals surface area contributed by atoms with Gasteiger partial charge >= 0.3 is 12.3 Å². The Hall–Kier alpha value is -4.20. The summed E-state index contributed by atoms with van der Waals surface area (Å²) in [5, 5.41) is 4.60. The summed E-state index contributed by atoms with van der Waals surface area (Å²) in [6.07, 6.45) is -8.52. The summed E-state index contributed by atoms with van der Waals surface area (Å²) in [6, 6.07) is 9.61. The molecule has 2 amide bonds. The number of halogens is 7. The van der Waals surface area contributed by atoms with E-state index in [2.05, 4.69) is 15.6 Å². The van der Waals surface area contributed by atoms with Crippen LogP contribution in [-0.4, -0.2) is 55.4 Å². The second kappa shape index (κ2) is 14.7. The largest absolute Gasteiger partial charge is 0.493 e. The van der Waals surface area contributed by atoms with Crippen LogP contribution in [-0.2, 0) is 10.3 Å². The number of alkyl halides is 5. The van der Waals surface area contributed by atoms with Gasteiger partial charge in [-0.2, -0.15) is 13.2 Å². The maximum Gasteiger partial charge on any atom is 0.408 e. The first-order valence-electron chi connectivity index (χ1n) is 14.1. The number of hydrogen-bond acceptors (Lipinski definition) is 6. The van der Waals surface area contributed by atoms with Crippen molar-refractivity contribution in [1.29, 1.82) is 0 Å². The summed E-state index contributed by atoms with van der Waals surface area (Å²) >= 11 is 5.95. The predicted molar refractivity (Wildman–Crippen MR) is 163 cm³/mol. The van der Waals surface area contributed by atoms with Crippen molar-refractivity contribution >= 4 is 23.6 Å². The minimum Gasteiger partial charge on any atom is -0.493 e. The normalized spacial score (nSPS) is 12.8. The lowest BCUT2D eigenvalue weighted by molar-refractivity contribution is -0.149. The standard InChI is InChI=1S/C32H34ClF6N3O5/c1-30(2,3)47-29(44)42-31(4,5)19-13-23(17-7-9-22(34)21(33)11-17)41-24(14-19)20(32(37,38)39)15-40-28(43)18-8-10-25(26(12-18)45-6)46-16-27(35)36/h7-14,20,27H,15-16H2,1-6H3,(H,40,43)(H,42,44). The number of alkyl carbamates (subject to hydrolysis) is 1. The van der Waals surface area contributed by atoms with Gasteiger partial charge in [-0.25, -0.2) is 18.0 Å². The first kappa shape index (κ1) is 37.3. The van der Waals surface area contributed by atoms with Gasteiger partial charge in [0.2, 0.25) is 0 Å². The molecule has 0 saturated heterocycles. The van der Waals surface area contributed by atoms with Crippen molar-refractivity contribution in [1.82, 2.24) is 15.6 Å². The number of carbonyl (C=O) groups is 2. The highest BCUT2D eigenvalue weighted by atomic mass is 35.5. The SMILES string of the molecule is COc1cc(C(=O)NCC(c2cc(C(C)(C)NC(=O)OC(C)(C)C)cc(-c3ccc(F)c(Cl)c3)n2)C(F)(F)F)ccc1OCC(F)F. The third-order valence-corrected chi connectivity index (χ3v) is 6.89. The maximum absolute atomic E-state index is 14.6. The van der Waals surface area contributed by atoms with Crippen LogP contribution in [0.4, 0.5) is 31.1 Å². The van der Waals surface area contributed by atoms with Crippen molar-refractivity contribution in [3.8, 4) is 22.8 Å². The summed E-state index contributed by atoms with van der Waals surface area (Å²) in [6.45, 7) is 6.14. The van der Waals surface area contributed by atoms with Crippen molar-refractivity contribution in [2.75, 3.05) is 20.3 Å². The van der Waals surface area contributed by atoms with Gasteiger partial charge in [-0.05, 0) is 88.7 Å². The quantitative estimate of drug-likeness (QED) is 0.198. The predicted octanol–water partition coefficient (Wildman–Crippen LogP) is 8.03. The van der Waals surface area contributed by atoms with Crippen molar-refractivity contribution in [2.45, 2.75) is 64.3 Å². The number of pyridine rings is 1. The summed E-state index contributed by atoms with van der Waals surface area (Å²) in [5.74, 6) is -4.20. The van der Waals surface area contributed by atoms with Crippen LogP contribution < -0.4 is 20.1 Å². The molecule has 1 atom stereocenters. The molecule has 2 aromatic carbocycles. The minimum atomic E-state index is -4.93. The van der Waals surface area contributed by atoms with Gasteiger partial charge in [0, 0.05) is 17.7 Å². The Kier molecular flexibility index (Phi) is 11.7. The number of rotatable bonds is 11. The molecular formula is C32H34ClF6N3O5. The fourth-order valence-electron chi connectivity index (χ4n) is 4.29. The number of ether oxygens (including phenoxy) is 3. The molecule has 0 aliphatic carbocycles. The Morgan fingerprint density at radius 3 is 2.21 bits per heavy atom. The van der Waals surface area contributed by atoms with Crippen LogP contribution in [0.25, 0.3) is 11.3 Å². The summed E-state index contributed by atoms with van der Waals surface area (Å²) < 4.78 is 98.2. The number of nitrogens with one attached hydrogen (secondary N) is 2. The Morgan fingerprint density at radius 1 is 0.957 bits per heavy atom. The highest BCUT2D eigenvalue weighted by Gasteiger charge is 2.43. The van der Waals surface area contributed by atoms with Crippen LogP contribution in [0, 0.1) is 5.82 Å². The van der Waals surface area contributed by atoms with Gasteiger partial charge in [0.05, 0.1) is 29.1 Å². The molecule has 0 radical (unpaired) electrons. The second-order valence-electron chi connectivity index (χ2n) is 11.9. The molecule has 0 aliphatic heterocycles. The van der Waals surface area contributed by atoms with Crippen molar-refractivity contribution in [3.63, 3.8) is 0 Å². The molecule has 0 spiro atoms. The molecule has 0 bridgehead atoms. The molecular weight excluding hydrogens is 656 g/mol. The number of aromatic nitrogens is 1. The third kappa shape index (κ3) is 10.4. The monoisotopic (exact) mass is 689 g/mol. The Labute approximate surface area is 272 Å². The Bertz CT molecular complexity index is 1590. The lowest BCUT2D eigenvalue weighted by atomic mass is 9.90. The molecule has 0 saturated carbocycles. The van der Waals surface area contributed by atoms with Gasteiger partial charge in [-0.15, -0.1) is 0 Å². The van der Waals surface area contributed by atoms with Gasteiger partial charge in [-0.1, -0.05) is 11.6 Å². The van der Waals surface area contributed by atoms with Crippen LogP contribution in [0.15, 0.2) is 48.5 Å². The zero-order chi connectivity index (χ0) is 35.3.